The molecule has 1 atom stereocenters. The van der Waals surface area contributed by atoms with Gasteiger partial charge >= 0.3 is 93.0 Å². The van der Waals surface area contributed by atoms with Crippen LogP contribution in [-0.2, 0) is 19.4 Å². The fraction of sp³-hybridized carbons (Fsp3) is 1.00. The van der Waals surface area contributed by atoms with Gasteiger partial charge in [-0.3, -0.25) is 0 Å². The van der Waals surface area contributed by atoms with Crippen LogP contribution in [0.1, 0.15) is 26.7 Å². The van der Waals surface area contributed by atoms with E-state index in [1.165, 1.54) is 39.0 Å². The molecule has 1 rings (SSSR count). The Morgan fingerprint density at radius 1 is 1.54 bits per heavy atom. The third-order valence-electron chi connectivity index (χ3n) is 2.42. The molecule has 1 aliphatic heterocycles. The maximum absolute atomic E-state index is 3.47. The van der Waals surface area contributed by atoms with Gasteiger partial charge in [-0.2, -0.15) is 0 Å². The van der Waals surface area contributed by atoms with Crippen molar-refractivity contribution >= 4 is 0 Å². The van der Waals surface area contributed by atoms with E-state index in [9.17, 15) is 0 Å². The molecule has 1 heterocycles. The van der Waals surface area contributed by atoms with Gasteiger partial charge in [0, 0.05) is 0 Å². The predicted octanol–water partition coefficient (Wildman–Crippen LogP) is 1.41. The minimum atomic E-state index is 0.807. The zero-order chi connectivity index (χ0) is 9.68. The van der Waals surface area contributed by atoms with Gasteiger partial charge in [0.2, 0.25) is 0 Å². The van der Waals surface area contributed by atoms with Crippen LogP contribution in [0.2, 0.25) is 0 Å². The van der Waals surface area contributed by atoms with Crippen molar-refractivity contribution in [1.82, 2.24) is 8.85 Å². The first-order chi connectivity index (χ1) is 6.18. The van der Waals surface area contributed by atoms with Gasteiger partial charge < -0.3 is 0 Å². The summed E-state index contributed by atoms with van der Waals surface area (Å²) in [7, 11) is 0. The molecule has 0 aromatic rings. The zero-order valence-electron chi connectivity index (χ0n) is 8.72. The molecule has 0 amide bonds. The van der Waals surface area contributed by atoms with Crippen LogP contribution in [0.3, 0.4) is 0 Å². The van der Waals surface area contributed by atoms with Crippen LogP contribution in [0.25, 0.3) is 0 Å². The average molecular weight is 355 g/mol. The quantitative estimate of drug-likeness (QED) is 0.820. The second-order valence-corrected chi connectivity index (χ2v) is 6.15. The summed E-state index contributed by atoms with van der Waals surface area (Å²) in [5.74, 6) is 1.71. The van der Waals surface area contributed by atoms with Gasteiger partial charge in [-0.1, -0.05) is 0 Å². The van der Waals surface area contributed by atoms with Crippen molar-refractivity contribution in [3.8, 4) is 0 Å². The molecule has 2 nitrogen and oxygen atoms in total. The predicted molar refractivity (Wildman–Crippen MR) is 52.0 cm³/mol. The summed E-state index contributed by atoms with van der Waals surface area (Å²) in [5, 5.41) is 3.47. The van der Waals surface area contributed by atoms with Crippen LogP contribution >= 0.6 is 0 Å². The van der Waals surface area contributed by atoms with Crippen LogP contribution in [-0.4, -0.2) is 29.7 Å². The molecular weight excluding hydrogens is 334 g/mol. The second kappa shape index (κ2) is 6.14. The van der Waals surface area contributed by atoms with E-state index in [1.54, 1.807) is 0 Å². The summed E-state index contributed by atoms with van der Waals surface area (Å²) >= 11 is 1.84. The van der Waals surface area contributed by atoms with Crippen molar-refractivity contribution in [3.63, 3.8) is 0 Å². The Labute approximate surface area is 93.1 Å². The average Bonchev–Trinajstić information content (AvgIpc) is 2.04. The normalized spacial score (nSPS) is 24.2. The molecule has 0 spiro atoms. The van der Waals surface area contributed by atoms with Crippen molar-refractivity contribution in [2.45, 2.75) is 26.7 Å². The van der Waals surface area contributed by atoms with Gasteiger partial charge in [0.15, 0.2) is 0 Å². The summed E-state index contributed by atoms with van der Waals surface area (Å²) in [4.78, 5) is 0. The van der Waals surface area contributed by atoms with E-state index >= 15 is 0 Å². The number of piperidine rings is 1. The first-order valence-electron chi connectivity index (χ1n) is 5.30. The Morgan fingerprint density at radius 2 is 2.31 bits per heavy atom. The van der Waals surface area contributed by atoms with Crippen molar-refractivity contribution < 1.29 is 19.4 Å². The van der Waals surface area contributed by atoms with Crippen LogP contribution < -0.4 is 5.32 Å². The number of hydrogen-bond acceptors (Lipinski definition) is 2. The molecule has 0 saturated carbocycles. The third kappa shape index (κ3) is 5.12. The Balaban J connectivity index is 2.14. The second-order valence-electron chi connectivity index (χ2n) is 4.43. The van der Waals surface area contributed by atoms with Gasteiger partial charge in [-0.15, -0.1) is 0 Å². The van der Waals surface area contributed by atoms with E-state index < -0.39 is 0 Å². The molecule has 0 bridgehead atoms. The molecule has 78 valence electrons. The Bertz CT molecular complexity index is 133. The first kappa shape index (κ1) is 11.7. The van der Waals surface area contributed by atoms with Crippen molar-refractivity contribution in [2.75, 3.05) is 26.2 Å². The van der Waals surface area contributed by atoms with Crippen LogP contribution in [0.5, 0.6) is 0 Å². The fourth-order valence-corrected chi connectivity index (χ4v) is 3.52. The molecule has 1 saturated heterocycles. The molecule has 3 heteroatoms. The number of nitrogens with one attached hydrogen (secondary N) is 1. The van der Waals surface area contributed by atoms with E-state index in [1.807, 2.05) is 19.4 Å². The Hall–Kier alpha value is 0.582. The molecule has 0 radical (unpaired) electrons. The molecule has 1 fully saturated rings. The maximum atomic E-state index is 3.47. The van der Waals surface area contributed by atoms with Crippen molar-refractivity contribution in [1.29, 1.82) is 0 Å². The van der Waals surface area contributed by atoms with Crippen LogP contribution in [0, 0.1) is 11.8 Å². The third-order valence-corrected chi connectivity index (χ3v) is 3.41. The van der Waals surface area contributed by atoms with Gasteiger partial charge in [0.05, 0.1) is 0 Å². The molecule has 0 aliphatic carbocycles. The minimum absolute atomic E-state index is 0.807. The summed E-state index contributed by atoms with van der Waals surface area (Å²) < 4.78 is 2.53. The van der Waals surface area contributed by atoms with Crippen molar-refractivity contribution in [3.05, 3.63) is 0 Å². The molecule has 0 aromatic heterocycles. The molecule has 0 aromatic carbocycles. The van der Waals surface area contributed by atoms with E-state index in [0.29, 0.717) is 0 Å². The summed E-state index contributed by atoms with van der Waals surface area (Å²) in [6.07, 6.45) is 2.79. The molecule has 1 unspecified atom stereocenters. The number of rotatable bonds is 4. The standard InChI is InChI=1S/C10H21N2.Re/c1-9(2)6-12-8-10-4-3-5-11-7-10;/h9-11H,3-8H2,1-2H3;/q-1;+1. The topological polar surface area (TPSA) is 15.3 Å². The SMILES string of the molecule is CC(C)C[N]([Re])CC1CCCNC1. The van der Waals surface area contributed by atoms with Gasteiger partial charge in [-0.25, -0.2) is 0 Å². The molecular formula is C10H21N2Re. The molecule has 1 N–H and O–H groups in total. The van der Waals surface area contributed by atoms with E-state index in [2.05, 4.69) is 22.7 Å². The number of hydrogen-bond donors (Lipinski definition) is 1. The van der Waals surface area contributed by atoms with Crippen LogP contribution in [0.15, 0.2) is 0 Å². The van der Waals surface area contributed by atoms with E-state index in [-0.39, 0.29) is 0 Å². The number of nitrogens with zero attached hydrogens (tertiary/aromatic N) is 1. The van der Waals surface area contributed by atoms with Gasteiger partial charge in [0.1, 0.15) is 0 Å². The summed E-state index contributed by atoms with van der Waals surface area (Å²) in [6, 6.07) is 0. The molecule has 13 heavy (non-hydrogen) atoms. The Kier molecular flexibility index (Phi) is 5.50. The van der Waals surface area contributed by atoms with E-state index in [4.69, 9.17) is 0 Å². The van der Waals surface area contributed by atoms with E-state index in [0.717, 1.165) is 11.8 Å². The van der Waals surface area contributed by atoms with Gasteiger partial charge in [0.25, 0.3) is 0 Å². The fourth-order valence-electron chi connectivity index (χ4n) is 1.83. The van der Waals surface area contributed by atoms with Crippen LogP contribution in [0.4, 0.5) is 0 Å². The Morgan fingerprint density at radius 3 is 2.85 bits per heavy atom. The first-order valence-corrected chi connectivity index (χ1v) is 6.51. The monoisotopic (exact) mass is 356 g/mol. The molecule has 1 aliphatic rings. The van der Waals surface area contributed by atoms with Gasteiger partial charge in [-0.05, 0) is 0 Å². The van der Waals surface area contributed by atoms with Crippen molar-refractivity contribution in [2.24, 2.45) is 11.8 Å². The zero-order valence-corrected chi connectivity index (χ0v) is 11.4. The summed E-state index contributed by atoms with van der Waals surface area (Å²) in [6.45, 7) is 9.61. The summed E-state index contributed by atoms with van der Waals surface area (Å²) in [5.41, 5.74) is 0.